The Balaban J connectivity index is 1.49. The zero-order chi connectivity index (χ0) is 16.6. The molecule has 0 saturated carbocycles. The maximum absolute atomic E-state index is 12.4. The van der Waals surface area contributed by atoms with Crippen LogP contribution in [0.15, 0.2) is 48.5 Å². The van der Waals surface area contributed by atoms with Crippen molar-refractivity contribution < 1.29 is 14.3 Å². The molecule has 5 heteroatoms. The van der Waals surface area contributed by atoms with Gasteiger partial charge in [-0.25, -0.2) is 0 Å². The average molecular weight is 324 g/mol. The molecule has 24 heavy (non-hydrogen) atoms. The second kappa shape index (κ2) is 5.83. The van der Waals surface area contributed by atoms with Crippen LogP contribution in [0, 0.1) is 0 Å². The predicted molar refractivity (Wildman–Crippen MR) is 90.2 cm³/mol. The Morgan fingerprint density at radius 1 is 1.25 bits per heavy atom. The first kappa shape index (κ1) is 15.0. The first-order valence-corrected chi connectivity index (χ1v) is 8.13. The van der Waals surface area contributed by atoms with Gasteiger partial charge in [0.1, 0.15) is 11.5 Å². The number of carbonyl (C=O) groups excluding carboxylic acids is 1. The topological polar surface area (TPSA) is 50.8 Å². The third-order valence-electron chi connectivity index (χ3n) is 4.63. The summed E-state index contributed by atoms with van der Waals surface area (Å²) in [5.74, 6) is 1.47. The number of likely N-dealkylation sites (tertiary alicyclic amines) is 1. The van der Waals surface area contributed by atoms with Crippen molar-refractivity contribution in [2.75, 3.05) is 20.2 Å². The van der Waals surface area contributed by atoms with Crippen LogP contribution < -0.4 is 14.8 Å². The summed E-state index contributed by atoms with van der Waals surface area (Å²) in [6, 6.07) is 15.5. The lowest BCUT2D eigenvalue weighted by atomic mass is 10.1. The van der Waals surface area contributed by atoms with E-state index in [4.69, 9.17) is 9.47 Å². The number of rotatable bonds is 3. The molecule has 0 aliphatic carbocycles. The van der Waals surface area contributed by atoms with Crippen LogP contribution in [0.3, 0.4) is 0 Å². The molecule has 1 unspecified atom stereocenters. The Hall–Kier alpha value is -2.53. The molecule has 1 amide bonds. The van der Waals surface area contributed by atoms with E-state index in [1.807, 2.05) is 36.4 Å². The lowest BCUT2D eigenvalue weighted by Crippen LogP contribution is -2.57. The van der Waals surface area contributed by atoms with Crippen LogP contribution in [0.1, 0.15) is 22.3 Å². The highest BCUT2D eigenvalue weighted by Crippen LogP contribution is 2.33. The molecular weight excluding hydrogens is 304 g/mol. The molecule has 1 saturated heterocycles. The monoisotopic (exact) mass is 324 g/mol. The van der Waals surface area contributed by atoms with Crippen LogP contribution in [0.2, 0.25) is 0 Å². The average Bonchev–Trinajstić information content (AvgIpc) is 2.96. The van der Waals surface area contributed by atoms with Gasteiger partial charge < -0.3 is 14.8 Å². The van der Waals surface area contributed by atoms with Gasteiger partial charge in [0.2, 0.25) is 0 Å². The fourth-order valence-electron chi connectivity index (χ4n) is 3.46. The molecule has 1 atom stereocenters. The van der Waals surface area contributed by atoms with Crippen LogP contribution >= 0.6 is 0 Å². The second-order valence-corrected chi connectivity index (χ2v) is 6.36. The molecule has 1 fully saturated rings. The number of hydrogen-bond acceptors (Lipinski definition) is 4. The van der Waals surface area contributed by atoms with Crippen molar-refractivity contribution in [2.24, 2.45) is 0 Å². The molecule has 1 spiro atoms. The van der Waals surface area contributed by atoms with Gasteiger partial charge in [-0.2, -0.15) is 0 Å². The minimum atomic E-state index is -0.621. The Morgan fingerprint density at radius 2 is 2.12 bits per heavy atom. The summed E-state index contributed by atoms with van der Waals surface area (Å²) < 4.78 is 11.4. The first-order chi connectivity index (χ1) is 11.7. The van der Waals surface area contributed by atoms with Crippen molar-refractivity contribution in [3.63, 3.8) is 0 Å². The molecule has 0 bridgehead atoms. The van der Waals surface area contributed by atoms with Crippen LogP contribution in [0.25, 0.3) is 0 Å². The Kier molecular flexibility index (Phi) is 3.65. The summed E-state index contributed by atoms with van der Waals surface area (Å²) in [6.07, 6.45) is 0.775. The Morgan fingerprint density at radius 3 is 3.00 bits per heavy atom. The lowest BCUT2D eigenvalue weighted by molar-refractivity contribution is 0.0246. The van der Waals surface area contributed by atoms with E-state index in [0.29, 0.717) is 17.9 Å². The number of fused-ring (bicyclic) bond motifs is 1. The van der Waals surface area contributed by atoms with E-state index in [1.165, 1.54) is 5.56 Å². The normalized spacial score (nSPS) is 22.8. The number of ether oxygens (including phenoxy) is 2. The van der Waals surface area contributed by atoms with Crippen molar-refractivity contribution in [3.05, 3.63) is 59.7 Å². The molecule has 2 heterocycles. The van der Waals surface area contributed by atoms with E-state index in [0.717, 1.165) is 25.3 Å². The van der Waals surface area contributed by atoms with Gasteiger partial charge in [0.15, 0.2) is 5.72 Å². The Bertz CT molecular complexity index is 777. The molecule has 124 valence electrons. The standard InChI is InChI=1S/C19H20N2O3/c1-23-15-6-4-5-14(11-15)12-21-10-9-19(13-21)20-18(22)16-7-2-3-8-17(16)24-19/h2-8,11H,9-10,12-13H2,1H3,(H,20,22). The highest BCUT2D eigenvalue weighted by molar-refractivity contribution is 5.98. The number of methoxy groups -OCH3 is 1. The van der Waals surface area contributed by atoms with Crippen molar-refractivity contribution in [1.82, 2.24) is 10.2 Å². The summed E-state index contributed by atoms with van der Waals surface area (Å²) in [5, 5.41) is 3.06. The van der Waals surface area contributed by atoms with E-state index in [2.05, 4.69) is 16.3 Å². The van der Waals surface area contributed by atoms with Gasteiger partial charge in [-0.1, -0.05) is 24.3 Å². The summed E-state index contributed by atoms with van der Waals surface area (Å²) >= 11 is 0. The third kappa shape index (κ3) is 2.71. The third-order valence-corrected chi connectivity index (χ3v) is 4.63. The maximum atomic E-state index is 12.4. The molecule has 2 aromatic carbocycles. The highest BCUT2D eigenvalue weighted by atomic mass is 16.5. The fourth-order valence-corrected chi connectivity index (χ4v) is 3.46. The predicted octanol–water partition coefficient (Wildman–Crippen LogP) is 2.42. The zero-order valence-corrected chi connectivity index (χ0v) is 13.6. The van der Waals surface area contributed by atoms with Crippen molar-refractivity contribution in [3.8, 4) is 11.5 Å². The van der Waals surface area contributed by atoms with Gasteiger partial charge in [-0.05, 0) is 29.8 Å². The van der Waals surface area contributed by atoms with Gasteiger partial charge >= 0.3 is 0 Å². The van der Waals surface area contributed by atoms with E-state index in [1.54, 1.807) is 13.2 Å². The Labute approximate surface area is 141 Å². The summed E-state index contributed by atoms with van der Waals surface area (Å²) in [5.41, 5.74) is 1.17. The zero-order valence-electron chi connectivity index (χ0n) is 13.6. The van der Waals surface area contributed by atoms with Gasteiger partial charge in [-0.3, -0.25) is 9.69 Å². The second-order valence-electron chi connectivity index (χ2n) is 6.36. The van der Waals surface area contributed by atoms with Gasteiger partial charge in [0.25, 0.3) is 5.91 Å². The molecule has 5 nitrogen and oxygen atoms in total. The SMILES string of the molecule is COc1cccc(CN2CCC3(C2)NC(=O)c2ccccc2O3)c1. The number of hydrogen-bond donors (Lipinski definition) is 1. The lowest BCUT2D eigenvalue weighted by Gasteiger charge is -2.36. The van der Waals surface area contributed by atoms with E-state index in [9.17, 15) is 4.79 Å². The summed E-state index contributed by atoms with van der Waals surface area (Å²) in [4.78, 5) is 14.7. The minimum Gasteiger partial charge on any atom is -0.497 e. The smallest absolute Gasteiger partial charge is 0.258 e. The van der Waals surface area contributed by atoms with Crippen LogP contribution in [-0.4, -0.2) is 36.7 Å². The van der Waals surface area contributed by atoms with Gasteiger partial charge in [0, 0.05) is 19.5 Å². The molecule has 4 rings (SSSR count). The number of para-hydroxylation sites is 1. The minimum absolute atomic E-state index is 0.0555. The quantitative estimate of drug-likeness (QED) is 0.942. The van der Waals surface area contributed by atoms with Crippen LogP contribution in [-0.2, 0) is 6.54 Å². The van der Waals surface area contributed by atoms with E-state index >= 15 is 0 Å². The molecule has 2 aliphatic heterocycles. The van der Waals surface area contributed by atoms with E-state index in [-0.39, 0.29) is 5.91 Å². The number of nitrogens with zero attached hydrogens (tertiary/aromatic N) is 1. The number of benzene rings is 2. The highest BCUT2D eigenvalue weighted by Gasteiger charge is 2.45. The summed E-state index contributed by atoms with van der Waals surface area (Å²) in [6.45, 7) is 2.35. The maximum Gasteiger partial charge on any atom is 0.258 e. The van der Waals surface area contributed by atoms with Crippen molar-refractivity contribution in [1.29, 1.82) is 0 Å². The molecule has 0 aromatic heterocycles. The first-order valence-electron chi connectivity index (χ1n) is 8.13. The summed E-state index contributed by atoms with van der Waals surface area (Å²) in [7, 11) is 1.67. The molecule has 0 radical (unpaired) electrons. The number of carbonyl (C=O) groups is 1. The molecule has 2 aromatic rings. The van der Waals surface area contributed by atoms with Gasteiger partial charge in [-0.15, -0.1) is 0 Å². The van der Waals surface area contributed by atoms with Crippen LogP contribution in [0.4, 0.5) is 0 Å². The largest absolute Gasteiger partial charge is 0.497 e. The van der Waals surface area contributed by atoms with E-state index < -0.39 is 5.72 Å². The molecule has 1 N–H and O–H groups in total. The number of nitrogens with one attached hydrogen (secondary N) is 1. The fraction of sp³-hybridized carbons (Fsp3) is 0.316. The van der Waals surface area contributed by atoms with Crippen molar-refractivity contribution >= 4 is 5.91 Å². The molecular formula is C19H20N2O3. The number of amides is 1. The van der Waals surface area contributed by atoms with Gasteiger partial charge in [0.05, 0.1) is 19.2 Å². The molecule has 2 aliphatic rings. The van der Waals surface area contributed by atoms with Crippen LogP contribution in [0.5, 0.6) is 11.5 Å². The van der Waals surface area contributed by atoms with Crippen molar-refractivity contribution in [2.45, 2.75) is 18.7 Å².